The predicted octanol–water partition coefficient (Wildman–Crippen LogP) is 2.19. The normalized spacial score (nSPS) is 13.2. The van der Waals surface area contributed by atoms with Crippen LogP contribution in [0.4, 0.5) is 0 Å². The molecule has 1 aromatic rings. The average Bonchev–Trinajstić information content (AvgIpc) is 2.46. The number of hydrogen-bond donors (Lipinski definition) is 1. The van der Waals surface area contributed by atoms with Crippen molar-refractivity contribution in [3.63, 3.8) is 0 Å². The first-order valence-electron chi connectivity index (χ1n) is 6.62. The van der Waals surface area contributed by atoms with Gasteiger partial charge < -0.3 is 14.8 Å². The molecule has 1 aromatic carbocycles. The second-order valence-electron chi connectivity index (χ2n) is 4.57. The molecule has 0 saturated heterocycles. The van der Waals surface area contributed by atoms with Crippen LogP contribution in [0.1, 0.15) is 37.6 Å². The van der Waals surface area contributed by atoms with Crippen LogP contribution < -0.4 is 14.8 Å². The summed E-state index contributed by atoms with van der Waals surface area (Å²) in [5, 5.41) is 2.83. The van der Waals surface area contributed by atoms with Gasteiger partial charge >= 0.3 is 0 Å². The third kappa shape index (κ3) is 3.98. The highest BCUT2D eigenvalue weighted by Crippen LogP contribution is 2.30. The fourth-order valence-electron chi connectivity index (χ4n) is 1.61. The smallest absolute Gasteiger partial charge is 0.260 e. The van der Waals surface area contributed by atoms with E-state index >= 15 is 0 Å². The van der Waals surface area contributed by atoms with Crippen LogP contribution in [0, 0.1) is 0 Å². The number of methoxy groups -OCH3 is 1. The molecule has 0 radical (unpaired) electrons. The number of hydrogen-bond acceptors (Lipinski definition) is 4. The highest BCUT2D eigenvalue weighted by Gasteiger charge is 2.20. The second-order valence-corrected chi connectivity index (χ2v) is 4.57. The molecule has 0 fully saturated rings. The Morgan fingerprint density at radius 2 is 2.10 bits per heavy atom. The van der Waals surface area contributed by atoms with Crippen LogP contribution in [0.3, 0.4) is 0 Å². The van der Waals surface area contributed by atoms with Gasteiger partial charge in [0.15, 0.2) is 23.9 Å². The standard InChI is InChI=1S/C15H21NO4/c1-5-10(2)16-15(18)11(3)20-14-12(9-17)7-6-8-13(14)19-4/h6-11H,5H2,1-4H3,(H,16,18). The van der Waals surface area contributed by atoms with Gasteiger partial charge in [-0.25, -0.2) is 0 Å². The minimum absolute atomic E-state index is 0.0803. The van der Waals surface area contributed by atoms with Crippen molar-refractivity contribution in [3.8, 4) is 11.5 Å². The van der Waals surface area contributed by atoms with E-state index in [9.17, 15) is 9.59 Å². The number of amides is 1. The lowest BCUT2D eigenvalue weighted by Crippen LogP contribution is -2.41. The zero-order chi connectivity index (χ0) is 15.1. The largest absolute Gasteiger partial charge is 0.493 e. The maximum atomic E-state index is 12.0. The Morgan fingerprint density at radius 3 is 2.65 bits per heavy atom. The van der Waals surface area contributed by atoms with Crippen molar-refractivity contribution < 1.29 is 19.1 Å². The number of ether oxygens (including phenoxy) is 2. The number of para-hydroxylation sites is 1. The van der Waals surface area contributed by atoms with E-state index < -0.39 is 6.10 Å². The molecule has 1 rings (SSSR count). The van der Waals surface area contributed by atoms with E-state index in [0.29, 0.717) is 17.6 Å². The van der Waals surface area contributed by atoms with Gasteiger partial charge in [0.1, 0.15) is 0 Å². The summed E-state index contributed by atoms with van der Waals surface area (Å²) in [7, 11) is 1.49. The van der Waals surface area contributed by atoms with E-state index in [-0.39, 0.29) is 17.7 Å². The maximum absolute atomic E-state index is 12.0. The van der Waals surface area contributed by atoms with Gasteiger partial charge in [-0.1, -0.05) is 13.0 Å². The molecule has 5 nitrogen and oxygen atoms in total. The van der Waals surface area contributed by atoms with Gasteiger partial charge in [0.25, 0.3) is 5.91 Å². The van der Waals surface area contributed by atoms with Crippen molar-refractivity contribution in [1.29, 1.82) is 0 Å². The van der Waals surface area contributed by atoms with Gasteiger partial charge in [0.05, 0.1) is 12.7 Å². The summed E-state index contributed by atoms with van der Waals surface area (Å²) in [6, 6.07) is 5.07. The number of carbonyl (C=O) groups is 2. The predicted molar refractivity (Wildman–Crippen MR) is 76.4 cm³/mol. The molecule has 2 atom stereocenters. The maximum Gasteiger partial charge on any atom is 0.260 e. The Hall–Kier alpha value is -2.04. The van der Waals surface area contributed by atoms with Crippen LogP contribution in [-0.2, 0) is 4.79 Å². The fourth-order valence-corrected chi connectivity index (χ4v) is 1.61. The van der Waals surface area contributed by atoms with E-state index in [1.165, 1.54) is 7.11 Å². The molecule has 20 heavy (non-hydrogen) atoms. The molecule has 1 N–H and O–H groups in total. The van der Waals surface area contributed by atoms with Gasteiger partial charge in [0.2, 0.25) is 0 Å². The van der Waals surface area contributed by atoms with Gasteiger partial charge in [-0.15, -0.1) is 0 Å². The molecular weight excluding hydrogens is 258 g/mol. The third-order valence-corrected chi connectivity index (χ3v) is 3.02. The zero-order valence-electron chi connectivity index (χ0n) is 12.3. The molecule has 0 aliphatic rings. The molecule has 0 aromatic heterocycles. The minimum Gasteiger partial charge on any atom is -0.493 e. The molecule has 0 heterocycles. The van der Waals surface area contributed by atoms with Crippen molar-refractivity contribution in [2.45, 2.75) is 39.3 Å². The van der Waals surface area contributed by atoms with Crippen molar-refractivity contribution in [3.05, 3.63) is 23.8 Å². The van der Waals surface area contributed by atoms with Crippen molar-refractivity contribution in [2.75, 3.05) is 7.11 Å². The van der Waals surface area contributed by atoms with Gasteiger partial charge in [-0.05, 0) is 32.4 Å². The van der Waals surface area contributed by atoms with E-state index in [4.69, 9.17) is 9.47 Å². The first kappa shape index (κ1) is 16.0. The van der Waals surface area contributed by atoms with Crippen molar-refractivity contribution >= 4 is 12.2 Å². The Kier molecular flexibility index (Phi) is 6.03. The fraction of sp³-hybridized carbons (Fsp3) is 0.467. The molecule has 5 heteroatoms. The number of carbonyl (C=O) groups excluding carboxylic acids is 2. The van der Waals surface area contributed by atoms with Crippen molar-refractivity contribution in [1.82, 2.24) is 5.32 Å². The molecular formula is C15H21NO4. The quantitative estimate of drug-likeness (QED) is 0.777. The third-order valence-electron chi connectivity index (χ3n) is 3.02. The van der Waals surface area contributed by atoms with Crippen molar-refractivity contribution in [2.24, 2.45) is 0 Å². The summed E-state index contributed by atoms with van der Waals surface area (Å²) in [4.78, 5) is 23.0. The highest BCUT2D eigenvalue weighted by atomic mass is 16.5. The Labute approximate surface area is 119 Å². The molecule has 110 valence electrons. The SMILES string of the molecule is CCC(C)NC(=O)C(C)Oc1c(C=O)cccc1OC. The lowest BCUT2D eigenvalue weighted by atomic mass is 10.2. The number of nitrogens with one attached hydrogen (secondary N) is 1. The molecule has 0 aliphatic heterocycles. The van der Waals surface area contributed by atoms with Crippen LogP contribution >= 0.6 is 0 Å². The van der Waals surface area contributed by atoms with E-state index in [1.807, 2.05) is 13.8 Å². The van der Waals surface area contributed by atoms with Crippen LogP contribution in [0.25, 0.3) is 0 Å². The number of rotatable bonds is 7. The van der Waals surface area contributed by atoms with Crippen LogP contribution in [0.15, 0.2) is 18.2 Å². The summed E-state index contributed by atoms with van der Waals surface area (Å²) >= 11 is 0. The minimum atomic E-state index is -0.709. The van der Waals surface area contributed by atoms with Gasteiger partial charge in [-0.3, -0.25) is 9.59 Å². The molecule has 1 amide bonds. The first-order chi connectivity index (χ1) is 9.53. The average molecular weight is 279 g/mol. The summed E-state index contributed by atoms with van der Waals surface area (Å²) < 4.78 is 10.8. The zero-order valence-corrected chi connectivity index (χ0v) is 12.3. The molecule has 2 unspecified atom stereocenters. The van der Waals surface area contributed by atoms with Crippen LogP contribution in [0.2, 0.25) is 0 Å². The monoisotopic (exact) mass is 279 g/mol. The van der Waals surface area contributed by atoms with Gasteiger partial charge in [-0.2, -0.15) is 0 Å². The summed E-state index contributed by atoms with van der Waals surface area (Å²) in [6.07, 6.45) is 0.808. The summed E-state index contributed by atoms with van der Waals surface area (Å²) in [6.45, 7) is 5.55. The number of aldehydes is 1. The lowest BCUT2D eigenvalue weighted by Gasteiger charge is -2.19. The van der Waals surface area contributed by atoms with Crippen LogP contribution in [0.5, 0.6) is 11.5 Å². The second kappa shape index (κ2) is 7.53. The summed E-state index contributed by atoms with van der Waals surface area (Å²) in [5.41, 5.74) is 0.354. The topological polar surface area (TPSA) is 64.6 Å². The van der Waals surface area contributed by atoms with E-state index in [0.717, 1.165) is 6.42 Å². The Bertz CT molecular complexity index is 473. The molecule has 0 spiro atoms. The summed E-state index contributed by atoms with van der Waals surface area (Å²) in [5.74, 6) is 0.497. The number of benzene rings is 1. The molecule has 0 bridgehead atoms. The first-order valence-corrected chi connectivity index (χ1v) is 6.62. The molecule has 0 aliphatic carbocycles. The Morgan fingerprint density at radius 1 is 1.40 bits per heavy atom. The van der Waals surface area contributed by atoms with E-state index in [1.54, 1.807) is 25.1 Å². The van der Waals surface area contributed by atoms with E-state index in [2.05, 4.69) is 5.32 Å². The van der Waals surface area contributed by atoms with Crippen LogP contribution in [-0.4, -0.2) is 31.4 Å². The Balaban J connectivity index is 2.87. The van der Waals surface area contributed by atoms with Gasteiger partial charge in [0, 0.05) is 6.04 Å². The highest BCUT2D eigenvalue weighted by molar-refractivity contribution is 5.83. The lowest BCUT2D eigenvalue weighted by molar-refractivity contribution is -0.127. The molecule has 0 saturated carbocycles.